The van der Waals surface area contributed by atoms with Crippen LogP contribution in [0.1, 0.15) is 26.2 Å². The van der Waals surface area contributed by atoms with Crippen molar-refractivity contribution in [2.75, 3.05) is 6.54 Å². The Balaban J connectivity index is 3.14. The largest absolute Gasteiger partial charge is 0.481 e. The van der Waals surface area contributed by atoms with Crippen LogP contribution >= 0.6 is 17.3 Å². The van der Waals surface area contributed by atoms with E-state index in [0.29, 0.717) is 8.42 Å². The van der Waals surface area contributed by atoms with Crippen molar-refractivity contribution in [3.63, 3.8) is 0 Å². The van der Waals surface area contributed by atoms with E-state index in [1.165, 1.54) is 0 Å². The summed E-state index contributed by atoms with van der Waals surface area (Å²) in [4.78, 5) is 10.4. The van der Waals surface area contributed by atoms with Crippen molar-refractivity contribution >= 4 is 23.3 Å². The molecule has 0 amide bonds. The molecule has 0 bridgehead atoms. The van der Waals surface area contributed by atoms with Crippen molar-refractivity contribution in [1.82, 2.24) is 5.09 Å². The fourth-order valence-electron chi connectivity index (χ4n) is 0.860. The van der Waals surface area contributed by atoms with Crippen LogP contribution in [0.2, 0.25) is 0 Å². The minimum Gasteiger partial charge on any atom is -0.481 e. The molecule has 0 saturated carbocycles. The SMILES string of the molecule is CC(CCCCNPP)C(=O)O. The maximum atomic E-state index is 10.4. The number of carbonyl (C=O) groups is 1. The Morgan fingerprint density at radius 1 is 1.67 bits per heavy atom. The third kappa shape index (κ3) is 6.97. The highest BCUT2D eigenvalue weighted by atomic mass is 32.0. The highest BCUT2D eigenvalue weighted by Gasteiger charge is 2.08. The van der Waals surface area contributed by atoms with Crippen LogP contribution in [0.3, 0.4) is 0 Å². The maximum Gasteiger partial charge on any atom is 0.306 e. The normalized spacial score (nSPS) is 13.8. The van der Waals surface area contributed by atoms with E-state index in [-0.39, 0.29) is 5.92 Å². The Morgan fingerprint density at radius 3 is 2.83 bits per heavy atom. The number of hydrogen-bond donors (Lipinski definition) is 2. The van der Waals surface area contributed by atoms with Crippen molar-refractivity contribution in [3.8, 4) is 0 Å². The highest BCUT2D eigenvalue weighted by Crippen LogP contribution is 2.13. The van der Waals surface area contributed by atoms with Gasteiger partial charge in [0, 0.05) is 0 Å². The topological polar surface area (TPSA) is 49.3 Å². The number of unbranched alkanes of at least 4 members (excludes halogenated alkanes) is 1. The minimum atomic E-state index is -0.684. The molecule has 0 rings (SSSR count). The lowest BCUT2D eigenvalue weighted by molar-refractivity contribution is -0.141. The van der Waals surface area contributed by atoms with Gasteiger partial charge in [-0.3, -0.25) is 9.88 Å². The lowest BCUT2D eigenvalue weighted by atomic mass is 10.0. The fraction of sp³-hybridized carbons (Fsp3) is 0.857. The van der Waals surface area contributed by atoms with Crippen LogP contribution in [0, 0.1) is 5.92 Å². The van der Waals surface area contributed by atoms with E-state index in [2.05, 4.69) is 14.0 Å². The van der Waals surface area contributed by atoms with E-state index in [1.807, 2.05) is 0 Å². The molecule has 0 saturated heterocycles. The Kier molecular flexibility index (Phi) is 8.11. The lowest BCUT2D eigenvalue weighted by Crippen LogP contribution is -2.10. The molecule has 0 aromatic rings. The first-order chi connectivity index (χ1) is 5.68. The quantitative estimate of drug-likeness (QED) is 0.497. The Labute approximate surface area is 77.6 Å². The van der Waals surface area contributed by atoms with Gasteiger partial charge in [0.1, 0.15) is 0 Å². The van der Waals surface area contributed by atoms with Crippen LogP contribution in [0.25, 0.3) is 0 Å². The standard InChI is InChI=1S/C7H17NO2P2/c1-6(7(9)10)4-2-3-5-8-12-11/h6,8,12H,2-5,11H2,1H3,(H,9,10). The summed E-state index contributed by atoms with van der Waals surface area (Å²) < 4.78 is 0. The molecule has 0 aliphatic rings. The van der Waals surface area contributed by atoms with Gasteiger partial charge in [-0.25, -0.2) is 0 Å². The van der Waals surface area contributed by atoms with Crippen molar-refractivity contribution in [2.45, 2.75) is 26.2 Å². The summed E-state index contributed by atoms with van der Waals surface area (Å²) in [5.74, 6) is -0.876. The summed E-state index contributed by atoms with van der Waals surface area (Å²) in [5.41, 5.74) is 0. The van der Waals surface area contributed by atoms with Gasteiger partial charge < -0.3 is 5.11 Å². The Morgan fingerprint density at radius 2 is 2.33 bits per heavy atom. The Hall–Kier alpha value is 0.290. The van der Waals surface area contributed by atoms with Crippen LogP contribution < -0.4 is 5.09 Å². The summed E-state index contributed by atoms with van der Waals surface area (Å²) >= 11 is 0. The zero-order chi connectivity index (χ0) is 9.40. The van der Waals surface area contributed by atoms with E-state index < -0.39 is 5.97 Å². The van der Waals surface area contributed by atoms with Gasteiger partial charge in [-0.05, 0) is 27.8 Å². The van der Waals surface area contributed by atoms with E-state index in [0.717, 1.165) is 25.8 Å². The van der Waals surface area contributed by atoms with E-state index in [4.69, 9.17) is 5.11 Å². The summed E-state index contributed by atoms with van der Waals surface area (Å²) in [6.45, 7) is 2.75. The monoisotopic (exact) mass is 209 g/mol. The van der Waals surface area contributed by atoms with E-state index in [1.54, 1.807) is 6.92 Å². The molecule has 0 aromatic heterocycles. The first kappa shape index (κ1) is 12.3. The van der Waals surface area contributed by atoms with Gasteiger partial charge in [-0.15, -0.1) is 0 Å². The summed E-state index contributed by atoms with van der Waals surface area (Å²) in [6, 6.07) is 0. The van der Waals surface area contributed by atoms with E-state index in [9.17, 15) is 4.79 Å². The maximum absolute atomic E-state index is 10.4. The van der Waals surface area contributed by atoms with Gasteiger partial charge in [0.05, 0.1) is 5.92 Å². The van der Waals surface area contributed by atoms with Gasteiger partial charge >= 0.3 is 5.97 Å². The number of hydrogen-bond acceptors (Lipinski definition) is 2. The van der Waals surface area contributed by atoms with Gasteiger partial charge in [-0.1, -0.05) is 22.3 Å². The molecular formula is C7H17NO2P2. The zero-order valence-electron chi connectivity index (χ0n) is 7.34. The summed E-state index contributed by atoms with van der Waals surface area (Å²) in [7, 11) is 3.33. The van der Waals surface area contributed by atoms with Crippen LogP contribution in [0.5, 0.6) is 0 Å². The van der Waals surface area contributed by atoms with Crippen LogP contribution in [0.15, 0.2) is 0 Å². The van der Waals surface area contributed by atoms with Crippen LogP contribution in [-0.4, -0.2) is 17.6 Å². The molecule has 0 aromatic carbocycles. The molecule has 3 nitrogen and oxygen atoms in total. The number of aliphatic carboxylic acids is 1. The molecule has 0 aliphatic heterocycles. The first-order valence-corrected chi connectivity index (χ1v) is 6.90. The molecule has 2 N–H and O–H groups in total. The van der Waals surface area contributed by atoms with Gasteiger partial charge in [0.15, 0.2) is 0 Å². The highest BCUT2D eigenvalue weighted by molar-refractivity contribution is 8.01. The van der Waals surface area contributed by atoms with Crippen molar-refractivity contribution in [1.29, 1.82) is 0 Å². The van der Waals surface area contributed by atoms with Crippen molar-refractivity contribution in [2.24, 2.45) is 5.92 Å². The predicted octanol–water partition coefficient (Wildman–Crippen LogP) is 1.85. The fourth-order valence-corrected chi connectivity index (χ4v) is 1.61. The van der Waals surface area contributed by atoms with E-state index >= 15 is 0 Å². The second-order valence-electron chi connectivity index (χ2n) is 2.81. The lowest BCUT2D eigenvalue weighted by Gasteiger charge is -2.05. The minimum absolute atomic E-state index is 0.191. The van der Waals surface area contributed by atoms with Crippen LogP contribution in [0.4, 0.5) is 0 Å². The average Bonchev–Trinajstić information content (AvgIpc) is 2.03. The third-order valence-corrected chi connectivity index (χ3v) is 2.78. The summed E-state index contributed by atoms with van der Waals surface area (Å²) in [6.07, 6.45) is 2.85. The second-order valence-corrected chi connectivity index (χ2v) is 4.31. The smallest absolute Gasteiger partial charge is 0.306 e. The van der Waals surface area contributed by atoms with Gasteiger partial charge in [0.25, 0.3) is 0 Å². The molecule has 3 unspecified atom stereocenters. The molecule has 0 heterocycles. The molecular weight excluding hydrogens is 192 g/mol. The summed E-state index contributed by atoms with van der Waals surface area (Å²) in [5, 5.41) is 11.8. The molecule has 0 aliphatic carbocycles. The molecule has 0 fully saturated rings. The predicted molar refractivity (Wildman–Crippen MR) is 56.7 cm³/mol. The second kappa shape index (κ2) is 7.91. The van der Waals surface area contributed by atoms with Gasteiger partial charge in [0.2, 0.25) is 0 Å². The first-order valence-electron chi connectivity index (χ1n) is 4.09. The third-order valence-electron chi connectivity index (χ3n) is 1.71. The molecule has 5 heteroatoms. The molecule has 0 radical (unpaired) electrons. The molecule has 12 heavy (non-hydrogen) atoms. The zero-order valence-corrected chi connectivity index (χ0v) is 9.49. The Bertz CT molecular complexity index is 133. The molecule has 0 spiro atoms. The number of nitrogens with one attached hydrogen (secondary N) is 1. The van der Waals surface area contributed by atoms with Crippen molar-refractivity contribution < 1.29 is 9.90 Å². The molecule has 72 valence electrons. The number of rotatable bonds is 7. The van der Waals surface area contributed by atoms with Crippen LogP contribution in [-0.2, 0) is 4.79 Å². The van der Waals surface area contributed by atoms with Gasteiger partial charge in [-0.2, -0.15) is 0 Å². The average molecular weight is 209 g/mol. The number of carboxylic acid groups (broad SMARTS) is 1. The number of carboxylic acids is 1. The molecule has 3 atom stereocenters. The van der Waals surface area contributed by atoms with Crippen molar-refractivity contribution in [3.05, 3.63) is 0 Å².